The third kappa shape index (κ3) is 2.91. The summed E-state index contributed by atoms with van der Waals surface area (Å²) in [7, 11) is 0. The van der Waals surface area contributed by atoms with Crippen LogP contribution in [-0.2, 0) is 11.2 Å². The highest BCUT2D eigenvalue weighted by molar-refractivity contribution is 5.94. The van der Waals surface area contributed by atoms with Crippen molar-refractivity contribution in [1.82, 2.24) is 0 Å². The smallest absolute Gasteiger partial charge is 0.227 e. The first kappa shape index (κ1) is 13.1. The highest BCUT2D eigenvalue weighted by atomic mass is 16.3. The van der Waals surface area contributed by atoms with E-state index >= 15 is 0 Å². The van der Waals surface area contributed by atoms with Crippen LogP contribution in [0.3, 0.4) is 0 Å². The molecule has 1 N–H and O–H groups in total. The summed E-state index contributed by atoms with van der Waals surface area (Å²) in [4.78, 5) is 14.1. The van der Waals surface area contributed by atoms with E-state index in [2.05, 4.69) is 13.0 Å². The van der Waals surface area contributed by atoms with Crippen LogP contribution in [-0.4, -0.2) is 23.7 Å². The normalized spacial score (nSPS) is 20.4. The Balaban J connectivity index is 2.15. The summed E-state index contributed by atoms with van der Waals surface area (Å²) in [5, 5.41) is 9.28. The zero-order valence-corrected chi connectivity index (χ0v) is 11.1. The fraction of sp³-hybridized carbons (Fsp3) is 0.533. The van der Waals surface area contributed by atoms with Crippen molar-refractivity contribution in [2.45, 2.75) is 39.2 Å². The summed E-state index contributed by atoms with van der Waals surface area (Å²) in [6.07, 6.45) is 1.58. The maximum atomic E-state index is 12.2. The van der Waals surface area contributed by atoms with Gasteiger partial charge in [-0.25, -0.2) is 0 Å². The molecule has 1 heterocycles. The number of hydrogen-bond acceptors (Lipinski definition) is 2. The number of benzene rings is 1. The Kier molecular flexibility index (Phi) is 4.02. The number of carbonyl (C=O) groups is 1. The number of hydrogen-bond donors (Lipinski definition) is 1. The maximum Gasteiger partial charge on any atom is 0.227 e. The highest BCUT2D eigenvalue weighted by Gasteiger charge is 2.25. The third-order valence-electron chi connectivity index (χ3n) is 3.42. The Morgan fingerprint density at radius 3 is 2.94 bits per heavy atom. The van der Waals surface area contributed by atoms with Crippen LogP contribution in [0, 0.1) is 5.92 Å². The van der Waals surface area contributed by atoms with E-state index in [1.807, 2.05) is 23.1 Å². The zero-order valence-electron chi connectivity index (χ0n) is 11.1. The highest BCUT2D eigenvalue weighted by Crippen LogP contribution is 2.29. The van der Waals surface area contributed by atoms with Crippen LogP contribution < -0.4 is 4.90 Å². The van der Waals surface area contributed by atoms with Gasteiger partial charge in [0.2, 0.25) is 5.91 Å². The number of carbonyl (C=O) groups excluding carboxylic acids is 1. The van der Waals surface area contributed by atoms with E-state index in [0.29, 0.717) is 18.8 Å². The van der Waals surface area contributed by atoms with Gasteiger partial charge in [-0.2, -0.15) is 0 Å². The Morgan fingerprint density at radius 2 is 2.22 bits per heavy atom. The van der Waals surface area contributed by atoms with Gasteiger partial charge in [0.1, 0.15) is 0 Å². The molecule has 2 atom stereocenters. The molecule has 0 spiro atoms. The Morgan fingerprint density at radius 1 is 1.50 bits per heavy atom. The van der Waals surface area contributed by atoms with Gasteiger partial charge in [-0.15, -0.1) is 0 Å². The first-order chi connectivity index (χ1) is 8.58. The molecule has 2 unspecified atom stereocenters. The van der Waals surface area contributed by atoms with E-state index in [-0.39, 0.29) is 5.91 Å². The molecule has 0 saturated carbocycles. The van der Waals surface area contributed by atoms with Crippen LogP contribution in [0.4, 0.5) is 5.69 Å². The standard InChI is InChI=1S/C15H21NO2/c1-11-9-13-5-3-4-6-14(13)16(10-11)15(18)8-7-12(2)17/h3-6,11-12,17H,7-10H2,1-2H3. The molecule has 0 bridgehead atoms. The average molecular weight is 247 g/mol. The van der Waals surface area contributed by atoms with Crippen LogP contribution >= 0.6 is 0 Å². The predicted octanol–water partition coefficient (Wildman–Crippen LogP) is 2.37. The summed E-state index contributed by atoms with van der Waals surface area (Å²) >= 11 is 0. The van der Waals surface area contributed by atoms with Gasteiger partial charge in [0, 0.05) is 18.7 Å². The van der Waals surface area contributed by atoms with E-state index < -0.39 is 6.10 Å². The number of amides is 1. The molecular formula is C15H21NO2. The molecule has 0 aliphatic carbocycles. The first-order valence-corrected chi connectivity index (χ1v) is 6.64. The van der Waals surface area contributed by atoms with Crippen molar-refractivity contribution in [2.24, 2.45) is 5.92 Å². The molecule has 1 aromatic carbocycles. The molecular weight excluding hydrogens is 226 g/mol. The minimum Gasteiger partial charge on any atom is -0.393 e. The number of anilines is 1. The van der Waals surface area contributed by atoms with E-state index in [0.717, 1.165) is 18.7 Å². The number of nitrogens with zero attached hydrogens (tertiary/aromatic N) is 1. The summed E-state index contributed by atoms with van der Waals surface area (Å²) < 4.78 is 0. The molecule has 0 aromatic heterocycles. The first-order valence-electron chi connectivity index (χ1n) is 6.64. The van der Waals surface area contributed by atoms with Crippen LogP contribution in [0.2, 0.25) is 0 Å². The minimum absolute atomic E-state index is 0.120. The fourth-order valence-electron chi connectivity index (χ4n) is 2.50. The topological polar surface area (TPSA) is 40.5 Å². The van der Waals surface area contributed by atoms with E-state index in [1.54, 1.807) is 6.92 Å². The van der Waals surface area contributed by atoms with Crippen LogP contribution in [0.5, 0.6) is 0 Å². The lowest BCUT2D eigenvalue weighted by Gasteiger charge is -2.33. The number of fused-ring (bicyclic) bond motifs is 1. The molecule has 3 nitrogen and oxygen atoms in total. The predicted molar refractivity (Wildman–Crippen MR) is 72.6 cm³/mol. The Labute approximate surface area is 108 Å². The summed E-state index contributed by atoms with van der Waals surface area (Å²) in [6.45, 7) is 4.68. The second-order valence-corrected chi connectivity index (χ2v) is 5.33. The number of para-hydroxylation sites is 1. The Bertz CT molecular complexity index is 428. The lowest BCUT2D eigenvalue weighted by molar-refractivity contribution is -0.119. The van der Waals surface area contributed by atoms with E-state index in [1.165, 1.54) is 5.56 Å². The van der Waals surface area contributed by atoms with Crippen LogP contribution in [0.25, 0.3) is 0 Å². The average Bonchev–Trinajstić information content (AvgIpc) is 2.34. The molecule has 1 amide bonds. The van der Waals surface area contributed by atoms with Crippen LogP contribution in [0.1, 0.15) is 32.3 Å². The van der Waals surface area contributed by atoms with Gasteiger partial charge in [0.05, 0.1) is 6.10 Å². The second-order valence-electron chi connectivity index (χ2n) is 5.33. The minimum atomic E-state index is -0.411. The van der Waals surface area contributed by atoms with Crippen molar-refractivity contribution in [3.05, 3.63) is 29.8 Å². The molecule has 98 valence electrons. The van der Waals surface area contributed by atoms with Crippen LogP contribution in [0.15, 0.2) is 24.3 Å². The van der Waals surface area contributed by atoms with Crippen molar-refractivity contribution < 1.29 is 9.90 Å². The number of rotatable bonds is 3. The molecule has 18 heavy (non-hydrogen) atoms. The monoisotopic (exact) mass is 247 g/mol. The Hall–Kier alpha value is -1.35. The summed E-state index contributed by atoms with van der Waals surface area (Å²) in [6, 6.07) is 8.11. The molecule has 1 aromatic rings. The van der Waals surface area contributed by atoms with E-state index in [4.69, 9.17) is 0 Å². The van der Waals surface area contributed by atoms with Crippen molar-refractivity contribution in [2.75, 3.05) is 11.4 Å². The molecule has 0 fully saturated rings. The second kappa shape index (κ2) is 5.53. The van der Waals surface area contributed by atoms with Gasteiger partial charge in [-0.3, -0.25) is 4.79 Å². The molecule has 3 heteroatoms. The van der Waals surface area contributed by atoms with Crippen molar-refractivity contribution in [3.8, 4) is 0 Å². The van der Waals surface area contributed by atoms with Crippen molar-refractivity contribution in [3.63, 3.8) is 0 Å². The maximum absolute atomic E-state index is 12.2. The number of aliphatic hydroxyl groups excluding tert-OH is 1. The van der Waals surface area contributed by atoms with Crippen molar-refractivity contribution >= 4 is 11.6 Å². The molecule has 2 rings (SSSR count). The summed E-state index contributed by atoms with van der Waals surface area (Å²) in [5.74, 6) is 0.616. The lowest BCUT2D eigenvalue weighted by atomic mass is 9.93. The van der Waals surface area contributed by atoms with Crippen molar-refractivity contribution in [1.29, 1.82) is 0 Å². The molecule has 1 aliphatic rings. The van der Waals surface area contributed by atoms with Gasteiger partial charge in [0.25, 0.3) is 0 Å². The lowest BCUT2D eigenvalue weighted by Crippen LogP contribution is -2.39. The largest absolute Gasteiger partial charge is 0.393 e. The van der Waals surface area contributed by atoms with Gasteiger partial charge >= 0.3 is 0 Å². The van der Waals surface area contributed by atoms with Gasteiger partial charge in [-0.05, 0) is 37.3 Å². The number of aliphatic hydroxyl groups is 1. The zero-order chi connectivity index (χ0) is 13.1. The third-order valence-corrected chi connectivity index (χ3v) is 3.42. The SMILES string of the molecule is CC(O)CCC(=O)N1CC(C)Cc2ccccc21. The molecule has 0 saturated heterocycles. The quantitative estimate of drug-likeness (QED) is 0.891. The summed E-state index contributed by atoms with van der Waals surface area (Å²) in [5.41, 5.74) is 2.30. The molecule has 1 aliphatic heterocycles. The van der Waals surface area contributed by atoms with E-state index in [9.17, 15) is 9.90 Å². The molecule has 0 radical (unpaired) electrons. The van der Waals surface area contributed by atoms with Gasteiger partial charge < -0.3 is 10.0 Å². The van der Waals surface area contributed by atoms with Gasteiger partial charge in [-0.1, -0.05) is 25.1 Å². The van der Waals surface area contributed by atoms with Gasteiger partial charge in [0.15, 0.2) is 0 Å². The fourth-order valence-corrected chi connectivity index (χ4v) is 2.50.